The average Bonchev–Trinajstić information content (AvgIpc) is 2.58. The second-order valence-corrected chi connectivity index (χ2v) is 5.21. The van der Waals surface area contributed by atoms with Crippen LogP contribution in [0.25, 0.3) is 11.2 Å². The highest BCUT2D eigenvalue weighted by Gasteiger charge is 2.22. The van der Waals surface area contributed by atoms with Crippen molar-refractivity contribution < 1.29 is 9.72 Å². The minimum Gasteiger partial charge on any atom is -0.300 e. The van der Waals surface area contributed by atoms with Gasteiger partial charge in [-0.25, -0.2) is 9.66 Å². The van der Waals surface area contributed by atoms with Gasteiger partial charge in [0, 0.05) is 5.56 Å². The van der Waals surface area contributed by atoms with Crippen LogP contribution in [0.15, 0.2) is 46.0 Å². The Bertz CT molecular complexity index is 1120. The van der Waals surface area contributed by atoms with E-state index >= 15 is 0 Å². The Morgan fingerprint density at radius 1 is 1.28 bits per heavy atom. The van der Waals surface area contributed by atoms with Crippen LogP contribution in [0.5, 0.6) is 0 Å². The molecule has 1 amide bonds. The zero-order chi connectivity index (χ0) is 18.1. The summed E-state index contributed by atoms with van der Waals surface area (Å²) >= 11 is 5.70. The van der Waals surface area contributed by atoms with Crippen molar-refractivity contribution >= 4 is 34.4 Å². The largest absolute Gasteiger partial charge is 0.335 e. The lowest BCUT2D eigenvalue weighted by Gasteiger charge is -2.11. The van der Waals surface area contributed by atoms with E-state index in [1.165, 1.54) is 12.1 Å². The fourth-order valence-electron chi connectivity index (χ4n) is 2.17. The number of H-pyrrole nitrogens is 1. The molecule has 2 aromatic heterocycles. The summed E-state index contributed by atoms with van der Waals surface area (Å²) < 4.78 is 0.491. The summed E-state index contributed by atoms with van der Waals surface area (Å²) in [4.78, 5) is 52.5. The van der Waals surface area contributed by atoms with Crippen LogP contribution in [0.1, 0.15) is 10.4 Å². The Hall–Kier alpha value is -3.53. The molecule has 3 rings (SSSR count). The molecule has 1 aromatic carbocycles. The molecule has 0 aliphatic carbocycles. The van der Waals surface area contributed by atoms with Crippen molar-refractivity contribution in [2.45, 2.75) is 0 Å². The van der Waals surface area contributed by atoms with Gasteiger partial charge in [-0.15, -0.1) is 0 Å². The van der Waals surface area contributed by atoms with E-state index < -0.39 is 27.6 Å². The number of benzene rings is 1. The Morgan fingerprint density at radius 3 is 2.60 bits per heavy atom. The summed E-state index contributed by atoms with van der Waals surface area (Å²) in [5.41, 5.74) is -1.25. The molecule has 25 heavy (non-hydrogen) atoms. The molecule has 126 valence electrons. The summed E-state index contributed by atoms with van der Waals surface area (Å²) in [5.74, 6) is -0.737. The van der Waals surface area contributed by atoms with E-state index in [9.17, 15) is 24.5 Å². The smallest absolute Gasteiger partial charge is 0.300 e. The number of aromatic amines is 1. The van der Waals surface area contributed by atoms with Gasteiger partial charge in [-0.2, -0.15) is 0 Å². The Morgan fingerprint density at radius 2 is 1.96 bits per heavy atom. The van der Waals surface area contributed by atoms with Crippen molar-refractivity contribution in [3.63, 3.8) is 0 Å². The fourth-order valence-corrected chi connectivity index (χ4v) is 2.36. The molecule has 0 spiro atoms. The number of rotatable bonds is 3. The highest BCUT2D eigenvalue weighted by molar-refractivity contribution is 6.30. The second kappa shape index (κ2) is 6.17. The summed E-state index contributed by atoms with van der Waals surface area (Å²) in [6, 6.07) is 8.72. The first-order valence-corrected chi connectivity index (χ1v) is 7.12. The number of aromatic nitrogens is 3. The molecular weight excluding hydrogens is 354 g/mol. The molecule has 0 unspecified atom stereocenters. The second-order valence-electron chi connectivity index (χ2n) is 4.82. The summed E-state index contributed by atoms with van der Waals surface area (Å²) in [6.45, 7) is 0. The van der Waals surface area contributed by atoms with Gasteiger partial charge in [0.1, 0.15) is 5.15 Å². The third-order valence-electron chi connectivity index (χ3n) is 3.24. The number of amides is 1. The van der Waals surface area contributed by atoms with E-state index in [0.29, 0.717) is 4.68 Å². The first-order valence-electron chi connectivity index (χ1n) is 6.75. The standard InChI is InChI=1S/C14H8ClN5O5/c15-9-6-8(20(24)25)10-11(16-9)17-13(22)14(23)19(10)18-12(21)7-4-2-1-3-5-7/h1-6H,(H,18,21)(H,16,17,22). The number of nitrogens with one attached hydrogen (secondary N) is 2. The van der Waals surface area contributed by atoms with Crippen LogP contribution >= 0.6 is 11.6 Å². The van der Waals surface area contributed by atoms with Crippen molar-refractivity contribution in [3.8, 4) is 0 Å². The van der Waals surface area contributed by atoms with Crippen molar-refractivity contribution in [3.05, 3.63) is 77.9 Å². The Balaban J connectivity index is 2.28. The van der Waals surface area contributed by atoms with Gasteiger partial charge in [0.2, 0.25) is 0 Å². The topological polar surface area (TPSA) is 140 Å². The van der Waals surface area contributed by atoms with E-state index in [1.54, 1.807) is 18.2 Å². The number of halogens is 1. The van der Waals surface area contributed by atoms with Gasteiger partial charge in [0.15, 0.2) is 11.2 Å². The first-order chi connectivity index (χ1) is 11.9. The number of pyridine rings is 1. The van der Waals surface area contributed by atoms with Crippen LogP contribution in [0, 0.1) is 10.1 Å². The number of hydrogen-bond donors (Lipinski definition) is 2. The van der Waals surface area contributed by atoms with Crippen molar-refractivity contribution in [1.29, 1.82) is 0 Å². The van der Waals surface area contributed by atoms with Crippen LogP contribution < -0.4 is 16.5 Å². The van der Waals surface area contributed by atoms with Gasteiger partial charge in [-0.1, -0.05) is 29.8 Å². The summed E-state index contributed by atoms with van der Waals surface area (Å²) in [7, 11) is 0. The van der Waals surface area contributed by atoms with Gasteiger partial charge < -0.3 is 4.98 Å². The van der Waals surface area contributed by atoms with Gasteiger partial charge in [-0.3, -0.25) is 29.9 Å². The molecule has 0 saturated heterocycles. The minimum atomic E-state index is -1.20. The Kier molecular flexibility index (Phi) is 4.03. The number of hydrogen-bond acceptors (Lipinski definition) is 6. The normalized spacial score (nSPS) is 10.6. The molecule has 0 radical (unpaired) electrons. The third kappa shape index (κ3) is 2.97. The van der Waals surface area contributed by atoms with Crippen LogP contribution in [0.2, 0.25) is 5.15 Å². The molecule has 11 heteroatoms. The molecule has 2 heterocycles. The number of carbonyl (C=O) groups excluding carboxylic acids is 1. The molecule has 0 atom stereocenters. The van der Waals surface area contributed by atoms with Gasteiger partial charge in [0.25, 0.3) is 5.91 Å². The molecular formula is C14H8ClN5O5. The molecule has 0 aliphatic rings. The summed E-state index contributed by atoms with van der Waals surface area (Å²) in [5, 5.41) is 11.0. The maximum absolute atomic E-state index is 12.3. The molecule has 0 aliphatic heterocycles. The monoisotopic (exact) mass is 361 g/mol. The van der Waals surface area contributed by atoms with Gasteiger partial charge in [0.05, 0.1) is 11.0 Å². The number of nitrogens with zero attached hydrogens (tertiary/aromatic N) is 3. The van der Waals surface area contributed by atoms with Crippen LogP contribution in [0.4, 0.5) is 5.69 Å². The summed E-state index contributed by atoms with van der Waals surface area (Å²) in [6.07, 6.45) is 0. The van der Waals surface area contributed by atoms with Crippen LogP contribution in [-0.4, -0.2) is 25.5 Å². The lowest BCUT2D eigenvalue weighted by molar-refractivity contribution is -0.383. The molecule has 0 saturated carbocycles. The molecule has 0 bridgehead atoms. The minimum absolute atomic E-state index is 0.187. The maximum atomic E-state index is 12.3. The SMILES string of the molecule is O=C(Nn1c(=O)c(=O)[nH]c2nc(Cl)cc([N+](=O)[O-])c21)c1ccccc1. The lowest BCUT2D eigenvalue weighted by atomic mass is 10.2. The van der Waals surface area contributed by atoms with Crippen molar-refractivity contribution in [2.24, 2.45) is 0 Å². The number of nitro groups is 1. The molecule has 2 N–H and O–H groups in total. The van der Waals surface area contributed by atoms with E-state index in [-0.39, 0.29) is 21.9 Å². The highest BCUT2D eigenvalue weighted by Crippen LogP contribution is 2.24. The zero-order valence-electron chi connectivity index (χ0n) is 12.2. The number of carbonyl (C=O) groups is 1. The predicted molar refractivity (Wildman–Crippen MR) is 88.4 cm³/mol. The maximum Gasteiger partial charge on any atom is 0.335 e. The van der Waals surface area contributed by atoms with Crippen molar-refractivity contribution in [2.75, 3.05) is 5.43 Å². The quantitative estimate of drug-likeness (QED) is 0.309. The Labute approximate surface area is 142 Å². The van der Waals surface area contributed by atoms with E-state index in [4.69, 9.17) is 11.6 Å². The average molecular weight is 362 g/mol. The van der Waals surface area contributed by atoms with E-state index in [2.05, 4.69) is 15.4 Å². The molecule has 0 fully saturated rings. The predicted octanol–water partition coefficient (Wildman–Crippen LogP) is 1.03. The van der Waals surface area contributed by atoms with Crippen LogP contribution in [-0.2, 0) is 0 Å². The third-order valence-corrected chi connectivity index (χ3v) is 3.43. The van der Waals surface area contributed by atoms with Gasteiger partial charge in [-0.05, 0) is 12.1 Å². The zero-order valence-corrected chi connectivity index (χ0v) is 13.0. The lowest BCUT2D eigenvalue weighted by Crippen LogP contribution is -2.43. The van der Waals surface area contributed by atoms with E-state index in [0.717, 1.165) is 6.07 Å². The molecule has 3 aromatic rings. The van der Waals surface area contributed by atoms with E-state index in [1.807, 2.05) is 0 Å². The molecule has 10 nitrogen and oxygen atoms in total. The number of fused-ring (bicyclic) bond motifs is 1. The fraction of sp³-hybridized carbons (Fsp3) is 0. The first kappa shape index (κ1) is 16.3. The van der Waals surface area contributed by atoms with Crippen molar-refractivity contribution in [1.82, 2.24) is 14.6 Å². The van der Waals surface area contributed by atoms with Crippen LogP contribution in [0.3, 0.4) is 0 Å². The highest BCUT2D eigenvalue weighted by atomic mass is 35.5. The van der Waals surface area contributed by atoms with Gasteiger partial charge >= 0.3 is 16.8 Å².